The van der Waals surface area contributed by atoms with Crippen LogP contribution in [0.4, 0.5) is 4.39 Å². The SMILES string of the molecule is CCn1nc(C(=O)NCC2CCC(C)CC2)c(Cl)c1-c1ccc(OCC(C)(C)F)cc1OC. The van der Waals surface area contributed by atoms with Gasteiger partial charge in [-0.3, -0.25) is 9.48 Å². The van der Waals surface area contributed by atoms with Crippen LogP contribution in [0.5, 0.6) is 11.5 Å². The Kier molecular flexibility index (Phi) is 8.27. The maximum Gasteiger partial charge on any atom is 0.273 e. The molecule has 1 heterocycles. The molecule has 1 fully saturated rings. The predicted molar refractivity (Wildman–Crippen MR) is 129 cm³/mol. The molecule has 1 aliphatic rings. The normalized spacial score (nSPS) is 18.8. The topological polar surface area (TPSA) is 65.4 Å². The number of carbonyl (C=O) groups is 1. The van der Waals surface area contributed by atoms with Crippen LogP contribution in [0.25, 0.3) is 11.3 Å². The van der Waals surface area contributed by atoms with Gasteiger partial charge < -0.3 is 14.8 Å². The van der Waals surface area contributed by atoms with Crippen molar-refractivity contribution in [2.75, 3.05) is 20.3 Å². The van der Waals surface area contributed by atoms with Crippen LogP contribution in [-0.2, 0) is 6.54 Å². The number of amides is 1. The Morgan fingerprint density at radius 2 is 2.00 bits per heavy atom. The average Bonchev–Trinajstić information content (AvgIpc) is 3.12. The van der Waals surface area contributed by atoms with E-state index in [1.54, 1.807) is 30.0 Å². The van der Waals surface area contributed by atoms with Gasteiger partial charge in [0.15, 0.2) is 5.69 Å². The molecule has 0 spiro atoms. The second kappa shape index (κ2) is 10.8. The first-order valence-corrected chi connectivity index (χ1v) is 12.0. The molecule has 8 heteroatoms. The summed E-state index contributed by atoms with van der Waals surface area (Å²) in [4.78, 5) is 12.9. The van der Waals surface area contributed by atoms with Crippen LogP contribution in [-0.4, -0.2) is 41.6 Å². The number of carbonyl (C=O) groups excluding carboxylic acids is 1. The number of hydrogen-bond donors (Lipinski definition) is 1. The second-order valence-corrected chi connectivity index (χ2v) is 9.91. The van der Waals surface area contributed by atoms with Crippen LogP contribution in [0.3, 0.4) is 0 Å². The maximum absolute atomic E-state index is 13.8. The number of aryl methyl sites for hydroxylation is 1. The highest BCUT2D eigenvalue weighted by Gasteiger charge is 2.26. The van der Waals surface area contributed by atoms with Gasteiger partial charge in [-0.25, -0.2) is 4.39 Å². The number of hydrogen-bond acceptors (Lipinski definition) is 4. The molecule has 0 saturated heterocycles. The lowest BCUT2D eigenvalue weighted by Crippen LogP contribution is -2.31. The zero-order valence-corrected chi connectivity index (χ0v) is 21.0. The quantitative estimate of drug-likeness (QED) is 0.485. The van der Waals surface area contributed by atoms with Gasteiger partial charge in [-0.2, -0.15) is 5.10 Å². The molecule has 1 amide bonds. The highest BCUT2D eigenvalue weighted by molar-refractivity contribution is 6.36. The summed E-state index contributed by atoms with van der Waals surface area (Å²) in [5.74, 6) is 1.99. The van der Waals surface area contributed by atoms with E-state index in [-0.39, 0.29) is 23.2 Å². The Balaban J connectivity index is 1.81. The third kappa shape index (κ3) is 6.40. The Morgan fingerprint density at radius 1 is 1.30 bits per heavy atom. The molecule has 0 bridgehead atoms. The molecule has 182 valence electrons. The van der Waals surface area contributed by atoms with E-state index in [1.807, 2.05) is 6.92 Å². The molecular formula is C25H35ClFN3O3. The zero-order valence-electron chi connectivity index (χ0n) is 20.2. The summed E-state index contributed by atoms with van der Waals surface area (Å²) in [6.07, 6.45) is 4.68. The van der Waals surface area contributed by atoms with Gasteiger partial charge in [-0.05, 0) is 57.6 Å². The van der Waals surface area contributed by atoms with Crippen LogP contribution < -0.4 is 14.8 Å². The fraction of sp³-hybridized carbons (Fsp3) is 0.600. The Hall–Kier alpha value is -2.28. The second-order valence-electron chi connectivity index (χ2n) is 9.53. The number of halogens is 2. The Morgan fingerprint density at radius 3 is 2.61 bits per heavy atom. The molecule has 1 aromatic heterocycles. The van der Waals surface area contributed by atoms with Crippen LogP contribution in [0.15, 0.2) is 18.2 Å². The molecule has 0 atom stereocenters. The van der Waals surface area contributed by atoms with Crippen LogP contribution in [0, 0.1) is 11.8 Å². The molecule has 1 aromatic carbocycles. The number of ether oxygens (including phenoxy) is 2. The summed E-state index contributed by atoms with van der Waals surface area (Å²) < 4.78 is 26.6. The molecule has 1 N–H and O–H groups in total. The minimum Gasteiger partial charge on any atom is -0.496 e. The Bertz CT molecular complexity index is 963. The lowest BCUT2D eigenvalue weighted by atomic mass is 9.83. The number of nitrogens with one attached hydrogen (secondary N) is 1. The zero-order chi connectivity index (χ0) is 24.2. The molecule has 0 aliphatic heterocycles. The third-order valence-electron chi connectivity index (χ3n) is 6.11. The van der Waals surface area contributed by atoms with Gasteiger partial charge in [-0.1, -0.05) is 31.4 Å². The van der Waals surface area contributed by atoms with Gasteiger partial charge in [-0.15, -0.1) is 0 Å². The first-order chi connectivity index (χ1) is 15.6. The van der Waals surface area contributed by atoms with Gasteiger partial charge in [0.25, 0.3) is 5.91 Å². The molecule has 0 unspecified atom stereocenters. The van der Waals surface area contributed by atoms with E-state index >= 15 is 0 Å². The van der Waals surface area contributed by atoms with Crippen molar-refractivity contribution in [2.45, 2.75) is 65.6 Å². The summed E-state index contributed by atoms with van der Waals surface area (Å²) in [6.45, 7) is 8.22. The van der Waals surface area contributed by atoms with Crippen LogP contribution >= 0.6 is 11.6 Å². The van der Waals surface area contributed by atoms with Crippen LogP contribution in [0.1, 0.15) is 63.9 Å². The molecule has 6 nitrogen and oxygen atoms in total. The number of alkyl halides is 1. The van der Waals surface area contributed by atoms with E-state index in [2.05, 4.69) is 17.3 Å². The third-order valence-corrected chi connectivity index (χ3v) is 6.46. The highest BCUT2D eigenvalue weighted by Crippen LogP contribution is 2.39. The summed E-state index contributed by atoms with van der Waals surface area (Å²) in [6, 6.07) is 5.21. The first-order valence-electron chi connectivity index (χ1n) is 11.7. The number of nitrogens with zero attached hydrogens (tertiary/aromatic N) is 2. The van der Waals surface area contributed by atoms with Crippen molar-refractivity contribution in [3.05, 3.63) is 28.9 Å². The van der Waals surface area contributed by atoms with E-state index in [0.717, 1.165) is 18.8 Å². The lowest BCUT2D eigenvalue weighted by molar-refractivity contribution is 0.0936. The monoisotopic (exact) mass is 479 g/mol. The van der Waals surface area contributed by atoms with Crippen molar-refractivity contribution in [1.29, 1.82) is 0 Å². The molecule has 3 rings (SSSR count). The van der Waals surface area contributed by atoms with E-state index < -0.39 is 5.67 Å². The van der Waals surface area contributed by atoms with Gasteiger partial charge in [0.05, 0.1) is 17.8 Å². The minimum absolute atomic E-state index is 0.0760. The fourth-order valence-corrected chi connectivity index (χ4v) is 4.46. The minimum atomic E-state index is -1.45. The van der Waals surface area contributed by atoms with Gasteiger partial charge in [0.1, 0.15) is 23.8 Å². The Labute approximate surface area is 200 Å². The van der Waals surface area contributed by atoms with E-state index in [9.17, 15) is 9.18 Å². The standard InChI is InChI=1S/C25H35ClFN3O3/c1-6-30-23(19-12-11-18(13-20(19)32-5)33-15-25(3,4)27)21(26)22(29-30)24(31)28-14-17-9-7-16(2)8-10-17/h11-13,16-17H,6-10,14-15H2,1-5H3,(H,28,31). The largest absolute Gasteiger partial charge is 0.496 e. The predicted octanol–water partition coefficient (Wildman–Crippen LogP) is 5.92. The molecule has 0 radical (unpaired) electrons. The summed E-state index contributed by atoms with van der Waals surface area (Å²) in [7, 11) is 1.54. The summed E-state index contributed by atoms with van der Waals surface area (Å²) in [5.41, 5.74) is 0.0436. The molecular weight excluding hydrogens is 445 g/mol. The van der Waals surface area contributed by atoms with Gasteiger partial charge in [0, 0.05) is 24.7 Å². The van der Waals surface area contributed by atoms with Gasteiger partial charge >= 0.3 is 0 Å². The van der Waals surface area contributed by atoms with Crippen molar-refractivity contribution in [3.8, 4) is 22.8 Å². The first kappa shape index (κ1) is 25.3. The van der Waals surface area contributed by atoms with Crippen molar-refractivity contribution in [3.63, 3.8) is 0 Å². The number of benzene rings is 1. The molecule has 33 heavy (non-hydrogen) atoms. The lowest BCUT2D eigenvalue weighted by Gasteiger charge is -2.26. The maximum atomic E-state index is 13.8. The number of aromatic nitrogens is 2. The molecule has 1 aliphatic carbocycles. The fourth-order valence-electron chi connectivity index (χ4n) is 4.14. The van der Waals surface area contributed by atoms with E-state index in [4.69, 9.17) is 21.1 Å². The van der Waals surface area contributed by atoms with Crippen LogP contribution in [0.2, 0.25) is 5.02 Å². The molecule has 2 aromatic rings. The van der Waals surface area contributed by atoms with E-state index in [0.29, 0.717) is 41.8 Å². The van der Waals surface area contributed by atoms with Crippen molar-refractivity contribution >= 4 is 17.5 Å². The van der Waals surface area contributed by atoms with Gasteiger partial charge in [0.2, 0.25) is 0 Å². The van der Waals surface area contributed by atoms with Crippen molar-refractivity contribution in [1.82, 2.24) is 15.1 Å². The summed E-state index contributed by atoms with van der Waals surface area (Å²) >= 11 is 6.69. The van der Waals surface area contributed by atoms with Crippen molar-refractivity contribution in [2.24, 2.45) is 11.8 Å². The number of methoxy groups -OCH3 is 1. The molecule has 1 saturated carbocycles. The van der Waals surface area contributed by atoms with E-state index in [1.165, 1.54) is 26.7 Å². The van der Waals surface area contributed by atoms with Crippen molar-refractivity contribution < 1.29 is 18.7 Å². The number of rotatable bonds is 9. The average molecular weight is 480 g/mol. The summed E-state index contributed by atoms with van der Waals surface area (Å²) in [5, 5.41) is 7.79. The smallest absolute Gasteiger partial charge is 0.273 e. The highest BCUT2D eigenvalue weighted by atomic mass is 35.5.